The summed E-state index contributed by atoms with van der Waals surface area (Å²) < 4.78 is 18.4. The van der Waals surface area contributed by atoms with Crippen molar-refractivity contribution in [2.45, 2.75) is 25.8 Å². The van der Waals surface area contributed by atoms with Gasteiger partial charge in [-0.2, -0.15) is 0 Å². The zero-order chi connectivity index (χ0) is 19.5. The molecule has 1 atom stereocenters. The van der Waals surface area contributed by atoms with Gasteiger partial charge in [0.1, 0.15) is 12.4 Å². The summed E-state index contributed by atoms with van der Waals surface area (Å²) in [6, 6.07) is 6.85. The number of halogens is 1. The van der Waals surface area contributed by atoms with E-state index < -0.39 is 0 Å². The lowest BCUT2D eigenvalue weighted by atomic mass is 10.0. The Balaban J connectivity index is 1.90. The van der Waals surface area contributed by atoms with Gasteiger partial charge in [-0.15, -0.1) is 0 Å². The highest BCUT2D eigenvalue weighted by molar-refractivity contribution is 5.85. The van der Waals surface area contributed by atoms with Crippen molar-refractivity contribution in [2.24, 2.45) is 4.99 Å². The molecular formula is C19H30FN5O2. The maximum Gasteiger partial charge on any atom is 0.241 e. The van der Waals surface area contributed by atoms with E-state index in [0.717, 1.165) is 31.6 Å². The van der Waals surface area contributed by atoms with Gasteiger partial charge in [-0.05, 0) is 38.0 Å². The molecule has 27 heavy (non-hydrogen) atoms. The van der Waals surface area contributed by atoms with E-state index in [1.54, 1.807) is 19.2 Å². The van der Waals surface area contributed by atoms with E-state index in [9.17, 15) is 9.18 Å². The summed E-state index contributed by atoms with van der Waals surface area (Å²) in [4.78, 5) is 18.3. The van der Waals surface area contributed by atoms with Gasteiger partial charge < -0.3 is 25.6 Å². The number of benzene rings is 1. The van der Waals surface area contributed by atoms with E-state index >= 15 is 0 Å². The molecule has 150 valence electrons. The van der Waals surface area contributed by atoms with Crippen molar-refractivity contribution in [3.8, 4) is 0 Å². The molecule has 7 nitrogen and oxygen atoms in total. The third kappa shape index (κ3) is 7.42. The van der Waals surface area contributed by atoms with E-state index in [0.29, 0.717) is 25.7 Å². The molecule has 0 aliphatic carbocycles. The average molecular weight is 379 g/mol. The first kappa shape index (κ1) is 21.0. The van der Waals surface area contributed by atoms with E-state index in [1.165, 1.54) is 6.07 Å². The molecule has 8 heteroatoms. The van der Waals surface area contributed by atoms with Crippen molar-refractivity contribution < 1.29 is 13.9 Å². The Kier molecular flexibility index (Phi) is 8.83. The summed E-state index contributed by atoms with van der Waals surface area (Å²) in [5.74, 6) is 0.247. The van der Waals surface area contributed by atoms with Gasteiger partial charge in [0.15, 0.2) is 5.96 Å². The van der Waals surface area contributed by atoms with E-state index in [-0.39, 0.29) is 24.3 Å². The predicted molar refractivity (Wildman–Crippen MR) is 106 cm³/mol. The Morgan fingerprint density at radius 2 is 2.26 bits per heavy atom. The van der Waals surface area contributed by atoms with Crippen LogP contribution in [-0.2, 0) is 9.53 Å². The number of nitrogens with one attached hydrogen (secondary N) is 3. The quantitative estimate of drug-likeness (QED) is 0.358. The third-order valence-corrected chi connectivity index (χ3v) is 4.29. The average Bonchev–Trinajstić information content (AvgIpc) is 2.67. The number of ether oxygens (including phenoxy) is 1. The lowest BCUT2D eigenvalue weighted by Gasteiger charge is -2.35. The molecule has 1 amide bonds. The topological polar surface area (TPSA) is 78.0 Å². The number of piperidine rings is 1. The molecule has 0 bridgehead atoms. The summed E-state index contributed by atoms with van der Waals surface area (Å²) >= 11 is 0. The van der Waals surface area contributed by atoms with E-state index in [1.807, 2.05) is 13.0 Å². The largest absolute Gasteiger partial charge is 0.383 e. The van der Waals surface area contributed by atoms with Crippen LogP contribution in [0.3, 0.4) is 0 Å². The van der Waals surface area contributed by atoms with Gasteiger partial charge in [-0.3, -0.25) is 4.79 Å². The minimum Gasteiger partial charge on any atom is -0.383 e. The molecular weight excluding hydrogens is 349 g/mol. The van der Waals surface area contributed by atoms with Crippen LogP contribution in [0.4, 0.5) is 10.1 Å². The van der Waals surface area contributed by atoms with Gasteiger partial charge in [-0.25, -0.2) is 9.38 Å². The van der Waals surface area contributed by atoms with Crippen LogP contribution >= 0.6 is 0 Å². The Hall–Kier alpha value is -2.35. The third-order valence-electron chi connectivity index (χ3n) is 4.29. The van der Waals surface area contributed by atoms with Gasteiger partial charge in [0.05, 0.1) is 6.61 Å². The molecule has 1 aromatic rings. The number of nitrogens with zero attached hydrogens (tertiary/aromatic N) is 2. The van der Waals surface area contributed by atoms with Gasteiger partial charge in [0.2, 0.25) is 5.91 Å². The SMILES string of the molecule is CCNC(=NCC(=O)NCCOC)NC1CCCN(c2cccc(F)c2)C1. The monoisotopic (exact) mass is 379 g/mol. The molecule has 3 N–H and O–H groups in total. The number of methoxy groups -OCH3 is 1. The van der Waals surface area contributed by atoms with Crippen LogP contribution in [0.2, 0.25) is 0 Å². The van der Waals surface area contributed by atoms with E-state index in [4.69, 9.17) is 4.74 Å². The fraction of sp³-hybridized carbons (Fsp3) is 0.579. The van der Waals surface area contributed by atoms with Crippen LogP contribution in [0.1, 0.15) is 19.8 Å². The van der Waals surface area contributed by atoms with Crippen molar-refractivity contribution >= 4 is 17.6 Å². The van der Waals surface area contributed by atoms with Crippen LogP contribution in [0.15, 0.2) is 29.3 Å². The molecule has 1 heterocycles. The second-order valence-electron chi connectivity index (χ2n) is 6.45. The number of amides is 1. The molecule has 0 spiro atoms. The van der Waals surface area contributed by atoms with Crippen molar-refractivity contribution in [1.82, 2.24) is 16.0 Å². The maximum absolute atomic E-state index is 13.5. The van der Waals surface area contributed by atoms with Crippen molar-refractivity contribution in [3.05, 3.63) is 30.1 Å². The zero-order valence-electron chi connectivity index (χ0n) is 16.1. The molecule has 1 unspecified atom stereocenters. The number of rotatable bonds is 8. The lowest BCUT2D eigenvalue weighted by Crippen LogP contribution is -2.51. The van der Waals surface area contributed by atoms with Crippen LogP contribution in [-0.4, -0.2) is 64.3 Å². The highest BCUT2D eigenvalue weighted by Gasteiger charge is 2.21. The first-order chi connectivity index (χ1) is 13.1. The highest BCUT2D eigenvalue weighted by atomic mass is 19.1. The molecule has 0 saturated carbocycles. The fourth-order valence-electron chi connectivity index (χ4n) is 3.01. The number of hydrogen-bond donors (Lipinski definition) is 3. The number of hydrogen-bond acceptors (Lipinski definition) is 4. The first-order valence-electron chi connectivity index (χ1n) is 9.43. The summed E-state index contributed by atoms with van der Waals surface area (Å²) in [5, 5.41) is 9.31. The zero-order valence-corrected chi connectivity index (χ0v) is 16.1. The van der Waals surface area contributed by atoms with Gasteiger partial charge >= 0.3 is 0 Å². The number of carbonyl (C=O) groups excluding carboxylic acids is 1. The minimum absolute atomic E-state index is 0.0549. The fourth-order valence-corrected chi connectivity index (χ4v) is 3.01. The molecule has 1 aromatic carbocycles. The van der Waals surface area contributed by atoms with Gasteiger partial charge in [0.25, 0.3) is 0 Å². The molecule has 2 rings (SSSR count). The molecule has 0 aromatic heterocycles. The predicted octanol–water partition coefficient (Wildman–Crippen LogP) is 1.11. The molecule has 0 radical (unpaired) electrons. The Bertz CT molecular complexity index is 626. The van der Waals surface area contributed by atoms with Crippen molar-refractivity contribution in [2.75, 3.05) is 51.3 Å². The first-order valence-corrected chi connectivity index (χ1v) is 9.43. The minimum atomic E-state index is -0.225. The van der Waals surface area contributed by atoms with Crippen molar-refractivity contribution in [1.29, 1.82) is 0 Å². The summed E-state index contributed by atoms with van der Waals surface area (Å²) in [6.07, 6.45) is 2.00. The smallest absolute Gasteiger partial charge is 0.241 e. The summed E-state index contributed by atoms with van der Waals surface area (Å²) in [7, 11) is 1.59. The Morgan fingerprint density at radius 3 is 3.00 bits per heavy atom. The standard InChI is InChI=1S/C19H30FN5O2/c1-3-21-19(23-13-18(26)22-9-11-27-2)24-16-7-5-10-25(14-16)17-8-4-6-15(20)12-17/h4,6,8,12,16H,3,5,7,9-11,13-14H2,1-2H3,(H,22,26)(H2,21,23,24). The highest BCUT2D eigenvalue weighted by Crippen LogP contribution is 2.20. The van der Waals surface area contributed by atoms with E-state index in [2.05, 4.69) is 25.8 Å². The summed E-state index contributed by atoms with van der Waals surface area (Å²) in [6.45, 7) is 5.35. The van der Waals surface area contributed by atoms with Crippen molar-refractivity contribution in [3.63, 3.8) is 0 Å². The van der Waals surface area contributed by atoms with Crippen LogP contribution in [0.25, 0.3) is 0 Å². The molecule has 1 saturated heterocycles. The summed E-state index contributed by atoms with van der Waals surface area (Å²) in [5.41, 5.74) is 0.890. The number of guanidine groups is 1. The van der Waals surface area contributed by atoms with Crippen LogP contribution in [0, 0.1) is 5.82 Å². The second kappa shape index (κ2) is 11.4. The normalized spacial score (nSPS) is 17.5. The molecule has 1 fully saturated rings. The van der Waals surface area contributed by atoms with Crippen LogP contribution in [0.5, 0.6) is 0 Å². The van der Waals surface area contributed by atoms with Gasteiger partial charge in [0, 0.05) is 45.0 Å². The lowest BCUT2D eigenvalue weighted by molar-refractivity contribution is -0.119. The molecule has 1 aliphatic rings. The molecule has 1 aliphatic heterocycles. The van der Waals surface area contributed by atoms with Crippen LogP contribution < -0.4 is 20.9 Å². The Labute approximate surface area is 160 Å². The number of aliphatic imine (C=N–C) groups is 1. The Morgan fingerprint density at radius 1 is 1.41 bits per heavy atom. The number of anilines is 1. The maximum atomic E-state index is 13.5. The van der Waals surface area contributed by atoms with Gasteiger partial charge in [-0.1, -0.05) is 6.07 Å². The number of carbonyl (C=O) groups is 1. The second-order valence-corrected chi connectivity index (χ2v) is 6.45.